The van der Waals surface area contributed by atoms with Crippen LogP contribution in [0.15, 0.2) is 0 Å². The number of nitrogens with one attached hydrogen (secondary N) is 1. The van der Waals surface area contributed by atoms with Crippen molar-refractivity contribution in [2.75, 3.05) is 6.54 Å². The average Bonchev–Trinajstić information content (AvgIpc) is 2.91. The summed E-state index contributed by atoms with van der Waals surface area (Å²) in [6.07, 6.45) is 8.30. The first-order valence-corrected chi connectivity index (χ1v) is 7.91. The number of nitrogens with zero attached hydrogens (tertiary/aromatic N) is 1. The van der Waals surface area contributed by atoms with Gasteiger partial charge in [0.2, 0.25) is 0 Å². The van der Waals surface area contributed by atoms with Crippen molar-refractivity contribution in [3.05, 3.63) is 0 Å². The molecule has 1 saturated carbocycles. The number of carboxylic acid groups (broad SMARTS) is 1. The number of rotatable bonds is 4. The normalized spacial score (nSPS) is 30.2. The fourth-order valence-electron chi connectivity index (χ4n) is 3.53. The number of likely N-dealkylation sites (tertiary alicyclic amines) is 1. The van der Waals surface area contributed by atoms with Crippen molar-refractivity contribution in [1.82, 2.24) is 10.2 Å². The van der Waals surface area contributed by atoms with E-state index in [4.69, 9.17) is 5.11 Å². The Morgan fingerprint density at radius 1 is 1.20 bits per heavy atom. The van der Waals surface area contributed by atoms with Crippen molar-refractivity contribution < 1.29 is 14.7 Å². The van der Waals surface area contributed by atoms with E-state index in [-0.39, 0.29) is 12.1 Å². The molecule has 2 N–H and O–H groups in total. The second kappa shape index (κ2) is 6.95. The zero-order valence-electron chi connectivity index (χ0n) is 12.3. The van der Waals surface area contributed by atoms with E-state index < -0.39 is 12.0 Å². The summed E-state index contributed by atoms with van der Waals surface area (Å²) in [7, 11) is 0. The smallest absolute Gasteiger partial charge is 0.326 e. The molecule has 0 bridgehead atoms. The number of urea groups is 1. The van der Waals surface area contributed by atoms with Crippen molar-refractivity contribution >= 4 is 12.0 Å². The summed E-state index contributed by atoms with van der Waals surface area (Å²) in [5.74, 6) is -0.0731. The molecule has 0 aromatic rings. The second-order valence-electron chi connectivity index (χ2n) is 6.15. The van der Waals surface area contributed by atoms with Gasteiger partial charge >= 0.3 is 12.0 Å². The van der Waals surface area contributed by atoms with Crippen LogP contribution in [-0.2, 0) is 4.79 Å². The summed E-state index contributed by atoms with van der Waals surface area (Å²) in [6.45, 7) is 2.78. The van der Waals surface area contributed by atoms with Gasteiger partial charge in [0, 0.05) is 12.6 Å². The molecule has 2 aliphatic rings. The van der Waals surface area contributed by atoms with Crippen LogP contribution in [-0.4, -0.2) is 40.6 Å². The molecule has 1 atom stereocenters. The molecule has 0 aromatic carbocycles. The molecule has 1 saturated heterocycles. The van der Waals surface area contributed by atoms with Crippen LogP contribution in [0.5, 0.6) is 0 Å². The van der Waals surface area contributed by atoms with Crippen LogP contribution in [0.4, 0.5) is 4.79 Å². The zero-order chi connectivity index (χ0) is 14.5. The summed E-state index contributed by atoms with van der Waals surface area (Å²) < 4.78 is 0. The molecule has 1 heterocycles. The molecule has 2 fully saturated rings. The molecule has 5 nitrogen and oxygen atoms in total. The molecule has 20 heavy (non-hydrogen) atoms. The molecular weight excluding hydrogens is 256 g/mol. The van der Waals surface area contributed by atoms with E-state index in [0.717, 1.165) is 25.2 Å². The first-order valence-electron chi connectivity index (χ1n) is 7.91. The maximum atomic E-state index is 12.2. The first-order chi connectivity index (χ1) is 9.61. The number of amides is 2. The van der Waals surface area contributed by atoms with Crippen LogP contribution in [0.1, 0.15) is 58.3 Å². The van der Waals surface area contributed by atoms with E-state index in [9.17, 15) is 9.59 Å². The second-order valence-corrected chi connectivity index (χ2v) is 6.15. The third-order valence-electron chi connectivity index (χ3n) is 4.67. The Morgan fingerprint density at radius 3 is 2.50 bits per heavy atom. The van der Waals surface area contributed by atoms with E-state index in [1.165, 1.54) is 30.6 Å². The van der Waals surface area contributed by atoms with E-state index in [1.54, 1.807) is 0 Å². The highest BCUT2D eigenvalue weighted by molar-refractivity contribution is 5.83. The summed E-state index contributed by atoms with van der Waals surface area (Å²) in [5, 5.41) is 12.1. The molecule has 0 spiro atoms. The van der Waals surface area contributed by atoms with E-state index in [0.29, 0.717) is 13.0 Å². The van der Waals surface area contributed by atoms with Crippen LogP contribution in [0, 0.1) is 5.92 Å². The molecule has 0 aromatic heterocycles. The lowest BCUT2D eigenvalue weighted by Gasteiger charge is -2.31. The highest BCUT2D eigenvalue weighted by atomic mass is 16.4. The van der Waals surface area contributed by atoms with E-state index in [2.05, 4.69) is 12.2 Å². The standard InChI is InChI=1S/C15H26N2O3/c1-2-4-11-6-8-12(9-7-11)16-15(20)17-10-3-5-13(17)14(18)19/h11-13H,2-10H2,1H3,(H,16,20)(H,18,19). The van der Waals surface area contributed by atoms with Crippen molar-refractivity contribution in [2.24, 2.45) is 5.92 Å². The number of carbonyl (C=O) groups is 2. The maximum Gasteiger partial charge on any atom is 0.326 e. The first kappa shape index (κ1) is 15.1. The molecular formula is C15H26N2O3. The average molecular weight is 282 g/mol. The molecule has 2 amide bonds. The van der Waals surface area contributed by atoms with Gasteiger partial charge < -0.3 is 15.3 Å². The Bertz CT molecular complexity index is 351. The van der Waals surface area contributed by atoms with Gasteiger partial charge in [0.15, 0.2) is 0 Å². The van der Waals surface area contributed by atoms with Crippen LogP contribution in [0.2, 0.25) is 0 Å². The third-order valence-corrected chi connectivity index (χ3v) is 4.67. The Labute approximate surface area is 120 Å². The zero-order valence-corrected chi connectivity index (χ0v) is 12.3. The van der Waals surface area contributed by atoms with Crippen molar-refractivity contribution in [2.45, 2.75) is 70.4 Å². The minimum absolute atomic E-state index is 0.186. The van der Waals surface area contributed by atoms with Gasteiger partial charge in [-0.3, -0.25) is 0 Å². The van der Waals surface area contributed by atoms with Crippen LogP contribution >= 0.6 is 0 Å². The van der Waals surface area contributed by atoms with Crippen LogP contribution in [0.25, 0.3) is 0 Å². The SMILES string of the molecule is CCCC1CCC(NC(=O)N2CCCC2C(=O)O)CC1. The Hall–Kier alpha value is -1.26. The molecule has 1 aliphatic carbocycles. The number of carbonyl (C=O) groups excluding carboxylic acids is 1. The highest BCUT2D eigenvalue weighted by Crippen LogP contribution is 2.28. The third kappa shape index (κ3) is 3.64. The topological polar surface area (TPSA) is 69.6 Å². The van der Waals surface area contributed by atoms with Gasteiger partial charge in [-0.25, -0.2) is 9.59 Å². The summed E-state index contributed by atoms with van der Waals surface area (Å²) >= 11 is 0. The Kier molecular flexibility index (Phi) is 5.26. The number of hydrogen-bond donors (Lipinski definition) is 2. The predicted octanol–water partition coefficient (Wildman–Crippen LogP) is 2.60. The fourth-order valence-corrected chi connectivity index (χ4v) is 3.53. The summed E-state index contributed by atoms with van der Waals surface area (Å²) in [4.78, 5) is 24.8. The molecule has 1 unspecified atom stereocenters. The molecule has 5 heteroatoms. The lowest BCUT2D eigenvalue weighted by Crippen LogP contribution is -2.49. The molecule has 114 valence electrons. The van der Waals surface area contributed by atoms with E-state index in [1.807, 2.05) is 0 Å². The number of hydrogen-bond acceptors (Lipinski definition) is 2. The lowest BCUT2D eigenvalue weighted by molar-refractivity contribution is -0.141. The van der Waals surface area contributed by atoms with E-state index >= 15 is 0 Å². The van der Waals surface area contributed by atoms with Gasteiger partial charge in [0.05, 0.1) is 0 Å². The molecule has 1 aliphatic heterocycles. The molecule has 0 radical (unpaired) electrons. The minimum Gasteiger partial charge on any atom is -0.480 e. The highest BCUT2D eigenvalue weighted by Gasteiger charge is 2.35. The van der Waals surface area contributed by atoms with Gasteiger partial charge in [-0.2, -0.15) is 0 Å². The maximum absolute atomic E-state index is 12.2. The van der Waals surface area contributed by atoms with Crippen molar-refractivity contribution in [3.8, 4) is 0 Å². The van der Waals surface area contributed by atoms with Gasteiger partial charge in [0.25, 0.3) is 0 Å². The number of aliphatic carboxylic acids is 1. The van der Waals surface area contributed by atoms with Crippen LogP contribution in [0.3, 0.4) is 0 Å². The minimum atomic E-state index is -0.885. The number of carboxylic acids is 1. The summed E-state index contributed by atoms with van der Waals surface area (Å²) in [5.41, 5.74) is 0. The largest absolute Gasteiger partial charge is 0.480 e. The van der Waals surface area contributed by atoms with Gasteiger partial charge in [0.1, 0.15) is 6.04 Å². The van der Waals surface area contributed by atoms with Gasteiger partial charge in [-0.15, -0.1) is 0 Å². The quantitative estimate of drug-likeness (QED) is 0.832. The van der Waals surface area contributed by atoms with Crippen LogP contribution < -0.4 is 5.32 Å². The molecule has 2 rings (SSSR count). The lowest BCUT2D eigenvalue weighted by atomic mass is 9.83. The van der Waals surface area contributed by atoms with Crippen molar-refractivity contribution in [3.63, 3.8) is 0 Å². The Balaban J connectivity index is 1.79. The monoisotopic (exact) mass is 282 g/mol. The predicted molar refractivity (Wildman–Crippen MR) is 76.5 cm³/mol. The van der Waals surface area contributed by atoms with Gasteiger partial charge in [-0.05, 0) is 44.4 Å². The van der Waals surface area contributed by atoms with Crippen molar-refractivity contribution in [1.29, 1.82) is 0 Å². The fraction of sp³-hybridized carbons (Fsp3) is 0.867. The Morgan fingerprint density at radius 2 is 1.90 bits per heavy atom. The van der Waals surface area contributed by atoms with Gasteiger partial charge in [-0.1, -0.05) is 19.8 Å². The summed E-state index contributed by atoms with van der Waals surface area (Å²) in [6, 6.07) is -0.592.